The van der Waals surface area contributed by atoms with Gasteiger partial charge in [-0.05, 0) is 36.8 Å². The van der Waals surface area contributed by atoms with Crippen LogP contribution in [0, 0.1) is 17.0 Å². The maximum absolute atomic E-state index is 12.1. The molecule has 0 aliphatic carbocycles. The predicted octanol–water partition coefficient (Wildman–Crippen LogP) is 3.59. The number of nitro groups is 1. The first-order valence-corrected chi connectivity index (χ1v) is 8.39. The number of para-hydroxylation sites is 1. The first kappa shape index (κ1) is 18.5. The van der Waals surface area contributed by atoms with Gasteiger partial charge < -0.3 is 10.6 Å². The van der Waals surface area contributed by atoms with Crippen molar-refractivity contribution in [3.05, 3.63) is 58.1 Å². The van der Waals surface area contributed by atoms with E-state index in [1.54, 1.807) is 43.3 Å². The lowest BCUT2D eigenvalue weighted by molar-refractivity contribution is -0.384. The second-order valence-corrected chi connectivity index (χ2v) is 6.32. The summed E-state index contributed by atoms with van der Waals surface area (Å²) in [5.41, 5.74) is 1.40. The van der Waals surface area contributed by atoms with Crippen LogP contribution in [0.25, 0.3) is 0 Å². The van der Waals surface area contributed by atoms with Gasteiger partial charge in [0.15, 0.2) is 0 Å². The van der Waals surface area contributed by atoms with Crippen LogP contribution in [0.2, 0.25) is 0 Å². The fourth-order valence-corrected chi connectivity index (χ4v) is 2.83. The van der Waals surface area contributed by atoms with E-state index in [0.29, 0.717) is 11.3 Å². The second-order valence-electron chi connectivity index (χ2n) is 5.27. The van der Waals surface area contributed by atoms with Crippen LogP contribution in [-0.4, -0.2) is 22.5 Å². The molecule has 0 aliphatic heterocycles. The second kappa shape index (κ2) is 8.29. The van der Waals surface area contributed by atoms with Gasteiger partial charge in [-0.25, -0.2) is 0 Å². The Hall–Kier alpha value is -2.87. The van der Waals surface area contributed by atoms with Crippen LogP contribution in [0.15, 0.2) is 47.4 Å². The molecule has 0 saturated heterocycles. The molecule has 0 spiro atoms. The monoisotopic (exact) mass is 359 g/mol. The molecule has 0 bridgehead atoms. The normalized spacial score (nSPS) is 10.2. The largest absolute Gasteiger partial charge is 0.326 e. The lowest BCUT2D eigenvalue weighted by atomic mass is 10.1. The molecule has 2 N–H and O–H groups in total. The zero-order chi connectivity index (χ0) is 18.4. The van der Waals surface area contributed by atoms with Gasteiger partial charge in [-0.3, -0.25) is 19.7 Å². The van der Waals surface area contributed by atoms with Crippen molar-refractivity contribution in [2.24, 2.45) is 0 Å². The highest BCUT2D eigenvalue weighted by atomic mass is 32.2. The van der Waals surface area contributed by atoms with Crippen LogP contribution in [-0.2, 0) is 9.59 Å². The van der Waals surface area contributed by atoms with E-state index in [2.05, 4.69) is 10.6 Å². The van der Waals surface area contributed by atoms with Crippen LogP contribution < -0.4 is 10.6 Å². The molecule has 0 fully saturated rings. The molecule has 8 heteroatoms. The summed E-state index contributed by atoms with van der Waals surface area (Å²) in [5.74, 6) is -0.363. The van der Waals surface area contributed by atoms with E-state index in [1.165, 1.54) is 24.8 Å². The van der Waals surface area contributed by atoms with Crippen molar-refractivity contribution in [3.8, 4) is 0 Å². The quantitative estimate of drug-likeness (QED) is 0.466. The molecule has 0 saturated carbocycles. The van der Waals surface area contributed by atoms with E-state index in [4.69, 9.17) is 0 Å². The zero-order valence-corrected chi connectivity index (χ0v) is 14.6. The molecule has 2 rings (SSSR count). The third-order valence-corrected chi connectivity index (χ3v) is 4.27. The van der Waals surface area contributed by atoms with Crippen LogP contribution in [0.1, 0.15) is 12.5 Å². The molecule has 7 nitrogen and oxygen atoms in total. The van der Waals surface area contributed by atoms with Crippen molar-refractivity contribution in [2.75, 3.05) is 16.4 Å². The third-order valence-electron chi connectivity index (χ3n) is 3.26. The van der Waals surface area contributed by atoms with E-state index in [-0.39, 0.29) is 28.9 Å². The van der Waals surface area contributed by atoms with Gasteiger partial charge in [-0.15, -0.1) is 11.8 Å². The van der Waals surface area contributed by atoms with Crippen molar-refractivity contribution in [1.29, 1.82) is 0 Å². The number of carbonyl (C=O) groups excluding carboxylic acids is 2. The Balaban J connectivity index is 1.97. The number of thioether (sulfide) groups is 1. The van der Waals surface area contributed by atoms with Crippen molar-refractivity contribution < 1.29 is 14.5 Å². The smallest absolute Gasteiger partial charge is 0.293 e. The van der Waals surface area contributed by atoms with E-state index in [1.807, 2.05) is 0 Å². The first-order chi connectivity index (χ1) is 11.9. The van der Waals surface area contributed by atoms with Crippen LogP contribution in [0.5, 0.6) is 0 Å². The van der Waals surface area contributed by atoms with Gasteiger partial charge >= 0.3 is 0 Å². The number of benzene rings is 2. The summed E-state index contributed by atoms with van der Waals surface area (Å²) < 4.78 is 0. The standard InChI is InChI=1S/C17H17N3O4S/c1-11-4-3-5-15(20(23)24)17(11)19-16(22)10-25-14-8-6-13(7-9-14)18-12(2)21/h3-9H,10H2,1-2H3,(H,18,21)(H,19,22). The first-order valence-electron chi connectivity index (χ1n) is 7.41. The number of carbonyl (C=O) groups is 2. The predicted molar refractivity (Wildman–Crippen MR) is 97.9 cm³/mol. The van der Waals surface area contributed by atoms with Crippen LogP contribution in [0.4, 0.5) is 17.1 Å². The number of hydrogen-bond acceptors (Lipinski definition) is 5. The summed E-state index contributed by atoms with van der Waals surface area (Å²) in [7, 11) is 0. The summed E-state index contributed by atoms with van der Waals surface area (Å²) in [4.78, 5) is 34.5. The number of nitro benzene ring substituents is 1. The molecule has 0 atom stereocenters. The van der Waals surface area contributed by atoms with E-state index < -0.39 is 4.92 Å². The van der Waals surface area contributed by atoms with Crippen molar-refractivity contribution in [1.82, 2.24) is 0 Å². The van der Waals surface area contributed by atoms with E-state index in [9.17, 15) is 19.7 Å². The van der Waals surface area contributed by atoms with Gasteiger partial charge in [-0.2, -0.15) is 0 Å². The summed E-state index contributed by atoms with van der Waals surface area (Å²) in [6.07, 6.45) is 0. The lowest BCUT2D eigenvalue weighted by Crippen LogP contribution is -2.16. The molecular weight excluding hydrogens is 342 g/mol. The average molecular weight is 359 g/mol. The minimum Gasteiger partial charge on any atom is -0.326 e. The number of amides is 2. The lowest BCUT2D eigenvalue weighted by Gasteiger charge is -2.09. The molecule has 25 heavy (non-hydrogen) atoms. The van der Waals surface area contributed by atoms with Gasteiger partial charge in [0.05, 0.1) is 10.7 Å². The van der Waals surface area contributed by atoms with Gasteiger partial charge in [0.25, 0.3) is 5.69 Å². The highest BCUT2D eigenvalue weighted by Crippen LogP contribution is 2.28. The Morgan fingerprint density at radius 2 is 1.80 bits per heavy atom. The van der Waals surface area contributed by atoms with Crippen molar-refractivity contribution in [3.63, 3.8) is 0 Å². The maximum atomic E-state index is 12.1. The number of nitrogens with zero attached hydrogens (tertiary/aromatic N) is 1. The summed E-state index contributed by atoms with van der Waals surface area (Å²) in [5, 5.41) is 16.3. The number of hydrogen-bond donors (Lipinski definition) is 2. The van der Waals surface area contributed by atoms with Crippen LogP contribution in [0.3, 0.4) is 0 Å². The molecule has 0 aliphatic rings. The SMILES string of the molecule is CC(=O)Nc1ccc(SCC(=O)Nc2c(C)cccc2[N+](=O)[O-])cc1. The minimum absolute atomic E-state index is 0.116. The van der Waals surface area contributed by atoms with Gasteiger partial charge in [0.1, 0.15) is 5.69 Å². The van der Waals surface area contributed by atoms with E-state index in [0.717, 1.165) is 4.90 Å². The summed E-state index contributed by atoms with van der Waals surface area (Å²) >= 11 is 1.30. The molecule has 2 aromatic rings. The Morgan fingerprint density at radius 3 is 2.40 bits per heavy atom. The average Bonchev–Trinajstić information content (AvgIpc) is 2.55. The molecular formula is C17H17N3O4S. The fraction of sp³-hybridized carbons (Fsp3) is 0.176. The number of nitrogens with one attached hydrogen (secondary N) is 2. The summed E-state index contributed by atoms with van der Waals surface area (Å²) in [6, 6.07) is 11.7. The highest BCUT2D eigenvalue weighted by molar-refractivity contribution is 8.00. The van der Waals surface area contributed by atoms with E-state index >= 15 is 0 Å². The Kier molecular flexibility index (Phi) is 6.13. The van der Waals surface area contributed by atoms with Gasteiger partial charge in [0, 0.05) is 23.6 Å². The fourth-order valence-electron chi connectivity index (χ4n) is 2.13. The molecule has 0 radical (unpaired) electrons. The van der Waals surface area contributed by atoms with Gasteiger partial charge in [-0.1, -0.05) is 12.1 Å². The molecule has 0 heterocycles. The zero-order valence-electron chi connectivity index (χ0n) is 13.7. The Bertz CT molecular complexity index is 806. The van der Waals surface area contributed by atoms with Crippen LogP contribution >= 0.6 is 11.8 Å². The Labute approximate surface area is 149 Å². The molecule has 2 amide bonds. The number of rotatable bonds is 6. The van der Waals surface area contributed by atoms with Gasteiger partial charge in [0.2, 0.25) is 11.8 Å². The minimum atomic E-state index is -0.517. The molecule has 2 aromatic carbocycles. The highest BCUT2D eigenvalue weighted by Gasteiger charge is 2.17. The summed E-state index contributed by atoms with van der Waals surface area (Å²) in [6.45, 7) is 3.13. The maximum Gasteiger partial charge on any atom is 0.293 e. The van der Waals surface area contributed by atoms with Crippen molar-refractivity contribution in [2.45, 2.75) is 18.7 Å². The van der Waals surface area contributed by atoms with Crippen molar-refractivity contribution >= 4 is 40.6 Å². The number of anilines is 2. The number of aryl methyl sites for hydroxylation is 1. The molecule has 0 aromatic heterocycles. The molecule has 0 unspecified atom stereocenters. The topological polar surface area (TPSA) is 101 Å². The third kappa shape index (κ3) is 5.32. The Morgan fingerprint density at radius 1 is 1.12 bits per heavy atom. The molecule has 130 valence electrons.